The third-order valence-electron chi connectivity index (χ3n) is 3.92. The summed E-state index contributed by atoms with van der Waals surface area (Å²) in [5.74, 6) is -0.164. The third-order valence-corrected chi connectivity index (χ3v) is 3.92. The molecule has 2 aromatic rings. The summed E-state index contributed by atoms with van der Waals surface area (Å²) in [6, 6.07) is 8.19. The molecule has 1 aliphatic rings. The van der Waals surface area contributed by atoms with E-state index in [-0.39, 0.29) is 5.91 Å². The maximum atomic E-state index is 11.9. The van der Waals surface area contributed by atoms with Gasteiger partial charge in [0.25, 0.3) is 0 Å². The molecular formula is C18H22N4O2. The Bertz CT molecular complexity index is 700. The molecule has 1 N–H and O–H groups in total. The van der Waals surface area contributed by atoms with Crippen LogP contribution in [0.4, 0.5) is 11.4 Å². The average Bonchev–Trinajstić information content (AvgIpc) is 3.09. The van der Waals surface area contributed by atoms with E-state index in [1.165, 1.54) is 11.8 Å². The zero-order valence-corrected chi connectivity index (χ0v) is 13.8. The normalized spacial score (nSPS) is 15.0. The number of nitrogens with one attached hydrogen (secondary N) is 1. The van der Waals surface area contributed by atoms with Crippen molar-refractivity contribution in [3.63, 3.8) is 0 Å². The highest BCUT2D eigenvalue weighted by Crippen LogP contribution is 2.17. The van der Waals surface area contributed by atoms with Gasteiger partial charge < -0.3 is 15.0 Å². The first-order valence-corrected chi connectivity index (χ1v) is 8.19. The van der Waals surface area contributed by atoms with Gasteiger partial charge in [0.1, 0.15) is 0 Å². The Labute approximate surface area is 141 Å². The van der Waals surface area contributed by atoms with Gasteiger partial charge in [-0.3, -0.25) is 9.48 Å². The van der Waals surface area contributed by atoms with Gasteiger partial charge in [0.2, 0.25) is 5.91 Å². The van der Waals surface area contributed by atoms with Crippen LogP contribution in [0.1, 0.15) is 12.5 Å². The first-order valence-electron chi connectivity index (χ1n) is 8.19. The largest absolute Gasteiger partial charge is 0.378 e. The summed E-state index contributed by atoms with van der Waals surface area (Å²) >= 11 is 0. The first kappa shape index (κ1) is 16.3. The molecule has 0 spiro atoms. The van der Waals surface area contributed by atoms with Gasteiger partial charge in [-0.2, -0.15) is 5.10 Å². The van der Waals surface area contributed by atoms with Crippen LogP contribution < -0.4 is 10.2 Å². The predicted molar refractivity (Wildman–Crippen MR) is 95.0 cm³/mol. The number of morpholine rings is 1. The van der Waals surface area contributed by atoms with E-state index in [9.17, 15) is 4.79 Å². The number of carbonyl (C=O) groups is 1. The van der Waals surface area contributed by atoms with E-state index in [2.05, 4.69) is 27.4 Å². The maximum absolute atomic E-state index is 11.9. The molecule has 0 aliphatic carbocycles. The number of hydrogen-bond donors (Lipinski definition) is 1. The monoisotopic (exact) mass is 326 g/mol. The van der Waals surface area contributed by atoms with Gasteiger partial charge >= 0.3 is 0 Å². The number of nitrogens with zero attached hydrogens (tertiary/aromatic N) is 3. The highest BCUT2D eigenvalue weighted by molar-refractivity contribution is 6.01. The van der Waals surface area contributed by atoms with Crippen molar-refractivity contribution in [2.24, 2.45) is 0 Å². The quantitative estimate of drug-likeness (QED) is 0.857. The molecule has 6 nitrogen and oxygen atoms in total. The topological polar surface area (TPSA) is 59.4 Å². The van der Waals surface area contributed by atoms with Gasteiger partial charge in [0.05, 0.1) is 25.1 Å². The van der Waals surface area contributed by atoms with Crippen molar-refractivity contribution in [1.82, 2.24) is 9.78 Å². The van der Waals surface area contributed by atoms with Crippen molar-refractivity contribution < 1.29 is 9.53 Å². The molecule has 0 bridgehead atoms. The van der Waals surface area contributed by atoms with Crippen molar-refractivity contribution in [3.05, 3.63) is 48.3 Å². The zero-order valence-electron chi connectivity index (χ0n) is 13.8. The summed E-state index contributed by atoms with van der Waals surface area (Å²) in [5, 5.41) is 6.92. The molecule has 0 radical (unpaired) electrons. The minimum absolute atomic E-state index is 0.164. The summed E-state index contributed by atoms with van der Waals surface area (Å²) in [6.45, 7) is 6.17. The summed E-state index contributed by atoms with van der Waals surface area (Å²) < 4.78 is 7.13. The van der Waals surface area contributed by atoms with E-state index in [0.717, 1.165) is 38.4 Å². The van der Waals surface area contributed by atoms with Gasteiger partial charge in [-0.25, -0.2) is 0 Å². The number of carbonyl (C=O) groups excluding carboxylic acids is 1. The number of hydrogen-bond acceptors (Lipinski definition) is 4. The molecule has 24 heavy (non-hydrogen) atoms. The van der Waals surface area contributed by atoms with Crippen LogP contribution in [0.5, 0.6) is 0 Å². The maximum Gasteiger partial charge on any atom is 0.248 e. The fraction of sp³-hybridized carbons (Fsp3) is 0.333. The Balaban J connectivity index is 1.56. The Morgan fingerprint density at radius 2 is 2.04 bits per heavy atom. The van der Waals surface area contributed by atoms with Gasteiger partial charge in [-0.05, 0) is 30.7 Å². The molecule has 1 saturated heterocycles. The number of aryl methyl sites for hydroxylation is 1. The van der Waals surface area contributed by atoms with Crippen LogP contribution in [0, 0.1) is 0 Å². The number of aromatic nitrogens is 2. The second-order valence-electron chi connectivity index (χ2n) is 5.60. The molecule has 126 valence electrons. The van der Waals surface area contributed by atoms with Gasteiger partial charge in [-0.15, -0.1) is 0 Å². The summed E-state index contributed by atoms with van der Waals surface area (Å²) in [7, 11) is 0. The minimum Gasteiger partial charge on any atom is -0.378 e. The fourth-order valence-corrected chi connectivity index (χ4v) is 2.57. The standard InChI is InChI=1S/C18H22N4O2/c1-2-22-14-16(13-19-22)20-18(23)8-5-15-3-6-17(7-4-15)21-9-11-24-12-10-21/h3-8,13-14H,2,9-12H2,1H3,(H,20,23). The zero-order chi connectivity index (χ0) is 16.8. The smallest absolute Gasteiger partial charge is 0.248 e. The molecular weight excluding hydrogens is 304 g/mol. The van der Waals surface area contributed by atoms with E-state index in [1.807, 2.05) is 31.3 Å². The number of ether oxygens (including phenoxy) is 1. The molecule has 6 heteroatoms. The van der Waals surface area contributed by atoms with E-state index in [0.29, 0.717) is 5.69 Å². The SMILES string of the molecule is CCn1cc(NC(=O)C=Cc2ccc(N3CCOCC3)cc2)cn1. The number of benzene rings is 1. The van der Waals surface area contributed by atoms with Crippen LogP contribution in [0.3, 0.4) is 0 Å². The van der Waals surface area contributed by atoms with Crippen molar-refractivity contribution >= 4 is 23.4 Å². The molecule has 1 fully saturated rings. The molecule has 1 amide bonds. The van der Waals surface area contributed by atoms with E-state index in [1.54, 1.807) is 10.9 Å². The lowest BCUT2D eigenvalue weighted by Gasteiger charge is -2.28. The van der Waals surface area contributed by atoms with Crippen molar-refractivity contribution in [2.75, 3.05) is 36.5 Å². The summed E-state index contributed by atoms with van der Waals surface area (Å²) in [6.07, 6.45) is 6.80. The second-order valence-corrected chi connectivity index (χ2v) is 5.60. The molecule has 2 heterocycles. The number of amides is 1. The third kappa shape index (κ3) is 4.23. The molecule has 1 aliphatic heterocycles. The van der Waals surface area contributed by atoms with E-state index in [4.69, 9.17) is 4.74 Å². The molecule has 0 saturated carbocycles. The Morgan fingerprint density at radius 1 is 1.29 bits per heavy atom. The lowest BCUT2D eigenvalue weighted by molar-refractivity contribution is -0.111. The van der Waals surface area contributed by atoms with Crippen molar-refractivity contribution in [2.45, 2.75) is 13.5 Å². The molecule has 0 unspecified atom stereocenters. The second kappa shape index (κ2) is 7.79. The average molecular weight is 326 g/mol. The Morgan fingerprint density at radius 3 is 2.71 bits per heavy atom. The molecule has 3 rings (SSSR count). The lowest BCUT2D eigenvalue weighted by Crippen LogP contribution is -2.36. The van der Waals surface area contributed by atoms with Crippen molar-refractivity contribution in [3.8, 4) is 0 Å². The van der Waals surface area contributed by atoms with E-state index < -0.39 is 0 Å². The minimum atomic E-state index is -0.164. The van der Waals surface area contributed by atoms with Crippen molar-refractivity contribution in [1.29, 1.82) is 0 Å². The van der Waals surface area contributed by atoms with Crippen LogP contribution in [0.2, 0.25) is 0 Å². The highest BCUT2D eigenvalue weighted by atomic mass is 16.5. The number of rotatable bonds is 5. The lowest BCUT2D eigenvalue weighted by atomic mass is 10.1. The summed E-state index contributed by atoms with van der Waals surface area (Å²) in [5.41, 5.74) is 2.88. The van der Waals surface area contributed by atoms with Gasteiger partial charge in [0, 0.05) is 37.6 Å². The first-order chi connectivity index (χ1) is 11.7. The highest BCUT2D eigenvalue weighted by Gasteiger charge is 2.10. The van der Waals surface area contributed by atoms with Crippen LogP contribution in [-0.4, -0.2) is 42.0 Å². The van der Waals surface area contributed by atoms with Gasteiger partial charge in [0.15, 0.2) is 0 Å². The van der Waals surface area contributed by atoms with Gasteiger partial charge in [-0.1, -0.05) is 12.1 Å². The predicted octanol–water partition coefficient (Wildman–Crippen LogP) is 2.39. The fourth-order valence-electron chi connectivity index (χ4n) is 2.57. The van der Waals surface area contributed by atoms with Crippen LogP contribution in [-0.2, 0) is 16.1 Å². The Hall–Kier alpha value is -2.60. The van der Waals surface area contributed by atoms with Crippen LogP contribution in [0.25, 0.3) is 6.08 Å². The Kier molecular flexibility index (Phi) is 5.28. The van der Waals surface area contributed by atoms with E-state index >= 15 is 0 Å². The summed E-state index contributed by atoms with van der Waals surface area (Å²) in [4.78, 5) is 14.2. The molecule has 1 aromatic heterocycles. The van der Waals surface area contributed by atoms with Crippen LogP contribution in [0.15, 0.2) is 42.7 Å². The number of anilines is 2. The molecule has 1 aromatic carbocycles. The molecule has 0 atom stereocenters. The van der Waals surface area contributed by atoms with Crippen LogP contribution >= 0.6 is 0 Å².